The molecule has 4 amide bonds. The Bertz CT molecular complexity index is 1170. The highest BCUT2D eigenvalue weighted by atomic mass is 19.1. The van der Waals surface area contributed by atoms with Crippen LogP contribution < -0.4 is 21.7 Å². The SMILES string of the molecule is CC1(C)[C@@H]2[C@@H](C(=O)N[C@@H](CC[C@@H]3CCNC3=O)C(=O)C(N)=O)N(C(=O)CNc3c(F)cc(F)cc3F)C[C@@H]21. The van der Waals surface area contributed by atoms with Crippen LogP contribution in [0.2, 0.25) is 0 Å². The summed E-state index contributed by atoms with van der Waals surface area (Å²) < 4.78 is 41.1. The third-order valence-electron chi connectivity index (χ3n) is 8.06. The van der Waals surface area contributed by atoms with Gasteiger partial charge in [-0.15, -0.1) is 0 Å². The summed E-state index contributed by atoms with van der Waals surface area (Å²) in [6.07, 6.45) is 0.823. The van der Waals surface area contributed by atoms with E-state index in [0.29, 0.717) is 25.1 Å². The van der Waals surface area contributed by atoms with Crippen molar-refractivity contribution >= 4 is 35.1 Å². The van der Waals surface area contributed by atoms with E-state index in [1.165, 1.54) is 4.90 Å². The molecule has 1 aromatic carbocycles. The average Bonchev–Trinajstić information content (AvgIpc) is 3.19. The van der Waals surface area contributed by atoms with Crippen LogP contribution in [0.4, 0.5) is 18.9 Å². The molecule has 38 heavy (non-hydrogen) atoms. The zero-order valence-corrected chi connectivity index (χ0v) is 21.0. The molecule has 206 valence electrons. The summed E-state index contributed by atoms with van der Waals surface area (Å²) in [5.74, 6) is -7.84. The van der Waals surface area contributed by atoms with E-state index >= 15 is 0 Å². The predicted octanol–water partition coefficient (Wildman–Crippen LogP) is 0.454. The third-order valence-corrected chi connectivity index (χ3v) is 8.06. The number of carbonyl (C=O) groups excluding carboxylic acids is 5. The number of likely N-dealkylation sites (tertiary alicyclic amines) is 1. The largest absolute Gasteiger partial charge is 0.371 e. The lowest BCUT2D eigenvalue weighted by Gasteiger charge is -2.31. The number of hydrogen-bond donors (Lipinski definition) is 4. The fourth-order valence-electron chi connectivity index (χ4n) is 5.81. The highest BCUT2D eigenvalue weighted by Crippen LogP contribution is 2.64. The Balaban J connectivity index is 1.47. The summed E-state index contributed by atoms with van der Waals surface area (Å²) in [5.41, 5.74) is 4.24. The number of hydrogen-bond acceptors (Lipinski definition) is 6. The molecule has 3 fully saturated rings. The van der Waals surface area contributed by atoms with Gasteiger partial charge in [0.25, 0.3) is 5.91 Å². The number of amides is 4. The number of halogens is 3. The third kappa shape index (κ3) is 5.18. The van der Waals surface area contributed by atoms with Crippen LogP contribution in [-0.4, -0.2) is 66.0 Å². The van der Waals surface area contributed by atoms with E-state index in [1.54, 1.807) is 0 Å². The second kappa shape index (κ2) is 10.3. The molecule has 13 heteroatoms. The zero-order valence-electron chi connectivity index (χ0n) is 21.0. The number of nitrogens with two attached hydrogens (primary N) is 1. The summed E-state index contributed by atoms with van der Waals surface area (Å²) in [7, 11) is 0. The Morgan fingerprint density at radius 1 is 1.18 bits per heavy atom. The standard InChI is InChI=1S/C25H30F3N5O5/c1-25(2)13-10-33(17(34)9-31-19-14(27)7-12(26)8-15(19)28)20(18(13)25)24(38)32-16(21(35)22(29)36)4-3-11-5-6-30-23(11)37/h7-8,11,13,16,18,20,31H,3-6,9-10H2,1-2H3,(H2,29,36)(H,30,37)(H,32,38)/t11-,13+,16+,18+,20+/m1/s1. The smallest absolute Gasteiger partial charge is 0.287 e. The summed E-state index contributed by atoms with van der Waals surface area (Å²) >= 11 is 0. The number of ketones is 1. The van der Waals surface area contributed by atoms with E-state index in [1.807, 2.05) is 13.8 Å². The van der Waals surface area contributed by atoms with E-state index in [2.05, 4.69) is 16.0 Å². The lowest BCUT2D eigenvalue weighted by atomic mass is 9.95. The number of nitrogens with one attached hydrogen (secondary N) is 3. The summed E-state index contributed by atoms with van der Waals surface area (Å²) in [4.78, 5) is 63.8. The van der Waals surface area contributed by atoms with Crippen molar-refractivity contribution in [2.24, 2.45) is 28.9 Å². The number of anilines is 1. The van der Waals surface area contributed by atoms with Gasteiger partial charge in [0.05, 0.1) is 12.6 Å². The molecule has 1 saturated carbocycles. The van der Waals surface area contributed by atoms with E-state index in [4.69, 9.17) is 5.73 Å². The molecular weight excluding hydrogens is 507 g/mol. The van der Waals surface area contributed by atoms with E-state index in [9.17, 15) is 37.1 Å². The monoisotopic (exact) mass is 537 g/mol. The van der Waals surface area contributed by atoms with E-state index < -0.39 is 65.3 Å². The number of Topliss-reactive ketones (excluding diaryl/α,β-unsaturated/α-hetero) is 1. The van der Waals surface area contributed by atoms with Crippen LogP contribution in [0.15, 0.2) is 12.1 Å². The van der Waals surface area contributed by atoms with Crippen molar-refractivity contribution in [1.82, 2.24) is 15.5 Å². The average molecular weight is 538 g/mol. The first-order valence-corrected chi connectivity index (χ1v) is 12.4. The van der Waals surface area contributed by atoms with Crippen LogP contribution >= 0.6 is 0 Å². The Hall–Kier alpha value is -3.64. The number of primary amides is 1. The highest BCUT2D eigenvalue weighted by Gasteiger charge is 2.69. The minimum atomic E-state index is -1.27. The molecule has 10 nitrogen and oxygen atoms in total. The fraction of sp³-hybridized carbons (Fsp3) is 0.560. The van der Waals surface area contributed by atoms with Crippen LogP contribution in [-0.2, 0) is 24.0 Å². The van der Waals surface area contributed by atoms with Gasteiger partial charge in [0.15, 0.2) is 11.6 Å². The van der Waals surface area contributed by atoms with Gasteiger partial charge in [-0.2, -0.15) is 0 Å². The molecule has 1 aliphatic carbocycles. The van der Waals surface area contributed by atoms with Crippen LogP contribution in [0.25, 0.3) is 0 Å². The fourth-order valence-corrected chi connectivity index (χ4v) is 5.81. The number of piperidine rings is 1. The molecule has 0 bridgehead atoms. The Kier molecular flexibility index (Phi) is 7.39. The van der Waals surface area contributed by atoms with Gasteiger partial charge in [0.1, 0.15) is 17.5 Å². The lowest BCUT2D eigenvalue weighted by Crippen LogP contribution is -2.55. The highest BCUT2D eigenvalue weighted by molar-refractivity contribution is 6.37. The summed E-state index contributed by atoms with van der Waals surface area (Å²) in [6, 6.07) is -1.31. The maximum absolute atomic E-state index is 14.0. The van der Waals surface area contributed by atoms with E-state index in [0.717, 1.165) is 0 Å². The number of benzene rings is 1. The van der Waals surface area contributed by atoms with Gasteiger partial charge < -0.3 is 26.6 Å². The van der Waals surface area contributed by atoms with Gasteiger partial charge in [-0.05, 0) is 36.5 Å². The minimum Gasteiger partial charge on any atom is -0.371 e. The zero-order chi connectivity index (χ0) is 27.9. The number of nitrogens with zero attached hydrogens (tertiary/aromatic N) is 1. The molecule has 2 aliphatic heterocycles. The molecule has 2 saturated heterocycles. The Morgan fingerprint density at radius 3 is 2.42 bits per heavy atom. The first-order valence-electron chi connectivity index (χ1n) is 12.4. The second-order valence-corrected chi connectivity index (χ2v) is 10.7. The lowest BCUT2D eigenvalue weighted by molar-refractivity contribution is -0.142. The number of carbonyl (C=O) groups is 5. The van der Waals surface area contributed by atoms with Gasteiger partial charge in [0.2, 0.25) is 23.5 Å². The van der Waals surface area contributed by atoms with Crippen LogP contribution in [0, 0.1) is 40.6 Å². The molecule has 0 spiro atoms. The molecular formula is C25H30F3N5O5. The van der Waals surface area contributed by atoms with Crippen molar-refractivity contribution in [3.8, 4) is 0 Å². The molecule has 1 aromatic rings. The van der Waals surface area contributed by atoms with Gasteiger partial charge in [-0.3, -0.25) is 24.0 Å². The van der Waals surface area contributed by atoms with Crippen molar-refractivity contribution in [2.75, 3.05) is 25.0 Å². The number of rotatable bonds is 10. The van der Waals surface area contributed by atoms with Crippen molar-refractivity contribution in [2.45, 2.75) is 45.2 Å². The van der Waals surface area contributed by atoms with Gasteiger partial charge in [0, 0.05) is 31.1 Å². The van der Waals surface area contributed by atoms with Crippen LogP contribution in [0.5, 0.6) is 0 Å². The predicted molar refractivity (Wildman–Crippen MR) is 128 cm³/mol. The van der Waals surface area contributed by atoms with Gasteiger partial charge in [-0.25, -0.2) is 13.2 Å². The van der Waals surface area contributed by atoms with Crippen molar-refractivity contribution in [3.63, 3.8) is 0 Å². The Labute approximate surface area is 216 Å². The molecule has 5 atom stereocenters. The second-order valence-electron chi connectivity index (χ2n) is 10.7. The molecule has 0 radical (unpaired) electrons. The van der Waals surface area contributed by atoms with Gasteiger partial charge >= 0.3 is 0 Å². The Morgan fingerprint density at radius 2 is 1.84 bits per heavy atom. The van der Waals surface area contributed by atoms with Crippen LogP contribution in [0.3, 0.4) is 0 Å². The molecule has 4 rings (SSSR count). The normalized spacial score (nSPS) is 25.8. The molecule has 3 aliphatic rings. The topological polar surface area (TPSA) is 151 Å². The molecule has 0 aromatic heterocycles. The summed E-state index contributed by atoms with van der Waals surface area (Å²) in [6.45, 7) is 4.03. The quantitative estimate of drug-likeness (QED) is 0.319. The van der Waals surface area contributed by atoms with Crippen molar-refractivity contribution in [3.05, 3.63) is 29.6 Å². The number of fused-ring (bicyclic) bond motifs is 1. The van der Waals surface area contributed by atoms with Crippen molar-refractivity contribution in [1.29, 1.82) is 0 Å². The van der Waals surface area contributed by atoms with Crippen LogP contribution in [0.1, 0.15) is 33.1 Å². The molecule has 2 heterocycles. The maximum atomic E-state index is 14.0. The minimum absolute atomic E-state index is 0.00836. The van der Waals surface area contributed by atoms with E-state index in [-0.39, 0.29) is 48.5 Å². The molecule has 5 N–H and O–H groups in total. The maximum Gasteiger partial charge on any atom is 0.287 e. The van der Waals surface area contributed by atoms with Crippen molar-refractivity contribution < 1.29 is 37.1 Å². The first-order chi connectivity index (χ1) is 17.8. The summed E-state index contributed by atoms with van der Waals surface area (Å²) in [5, 5.41) is 7.58. The first kappa shape index (κ1) is 27.4. The molecule has 0 unspecified atom stereocenters. The van der Waals surface area contributed by atoms with Gasteiger partial charge in [-0.1, -0.05) is 13.8 Å².